The van der Waals surface area contributed by atoms with Gasteiger partial charge in [-0.05, 0) is 13.8 Å². The van der Waals surface area contributed by atoms with Crippen LogP contribution in [-0.2, 0) is 33.2 Å². The Morgan fingerprint density at radius 2 is 0.662 bits per heavy atom. The monoisotopic (exact) mass is 1080 g/mol. The van der Waals surface area contributed by atoms with Crippen molar-refractivity contribution in [1.82, 2.24) is 9.80 Å². The summed E-state index contributed by atoms with van der Waals surface area (Å²) in [6.07, 6.45) is -37.8. The zero-order valence-electron chi connectivity index (χ0n) is 40.4. The fourth-order valence-electron chi connectivity index (χ4n) is 7.69. The van der Waals surface area contributed by atoms with Gasteiger partial charge in [0.15, 0.2) is 63.9 Å². The van der Waals surface area contributed by atoms with Gasteiger partial charge in [-0.25, -0.2) is 0 Å². The topological polar surface area (TPSA) is 516 Å². The summed E-state index contributed by atoms with van der Waals surface area (Å²) in [5.74, 6) is -15.0. The van der Waals surface area contributed by atoms with E-state index in [1.807, 2.05) is 18.7 Å². The van der Waals surface area contributed by atoms with Crippen LogP contribution in [0.5, 0.6) is 0 Å². The lowest BCUT2D eigenvalue weighted by Crippen LogP contribution is -2.63. The SMILES string of the molecule is CC(C)N1CCN(CC2OC3OC(CCO)/C(O)=C(/O)C(O)OC(CCO)/C(O)=C(\O)C(O)OC(CCO)/C(O)=C(/O)C(O)OC(CCO)/C(O)=C(/O)C(O)OC(CCO)/C(O)=C(\O)C(O)OC2C(O)C3O)CC1. The van der Waals surface area contributed by atoms with Gasteiger partial charge < -0.3 is 146 Å². The van der Waals surface area contributed by atoms with E-state index in [-0.39, 0.29) is 12.6 Å². The number of aliphatic hydroxyl groups is 22. The largest absolute Gasteiger partial charge is 0.506 e. The minimum Gasteiger partial charge on any atom is -0.506 e. The number of piperazine rings is 1. The predicted molar refractivity (Wildman–Crippen MR) is 243 cm³/mol. The van der Waals surface area contributed by atoms with Gasteiger partial charge in [0.05, 0.1) is 0 Å². The molecule has 0 spiro atoms. The Kier molecular flexibility index (Phi) is 26.5. The van der Waals surface area contributed by atoms with E-state index in [4.69, 9.17) is 33.2 Å². The molecule has 430 valence electrons. The second-order valence-corrected chi connectivity index (χ2v) is 17.4. The number of ether oxygens (including phenoxy) is 7. The van der Waals surface area contributed by atoms with Crippen molar-refractivity contribution in [2.75, 3.05) is 65.8 Å². The van der Waals surface area contributed by atoms with Crippen LogP contribution in [-0.4, -0.2) is 287 Å². The summed E-state index contributed by atoms with van der Waals surface area (Å²) in [6.45, 7) is 1.11. The highest BCUT2D eigenvalue weighted by molar-refractivity contribution is 5.14. The van der Waals surface area contributed by atoms with E-state index in [0.717, 1.165) is 0 Å². The highest BCUT2D eigenvalue weighted by atomic mass is 16.7. The minimum absolute atomic E-state index is 0.162. The molecule has 2 fully saturated rings. The molecule has 15 atom stereocenters. The van der Waals surface area contributed by atoms with Crippen LogP contribution in [0, 0.1) is 0 Å². The van der Waals surface area contributed by atoms with Crippen molar-refractivity contribution in [3.63, 3.8) is 0 Å². The summed E-state index contributed by atoms with van der Waals surface area (Å²) in [6, 6.07) is 0.162. The summed E-state index contributed by atoms with van der Waals surface area (Å²) in [4.78, 5) is 3.96. The number of nitrogens with zero attached hydrogens (tertiary/aromatic N) is 2. The van der Waals surface area contributed by atoms with Crippen LogP contribution < -0.4 is 0 Å². The number of fused-ring (bicyclic) bond motifs is 22. The van der Waals surface area contributed by atoms with Gasteiger partial charge in [0.2, 0.25) is 31.5 Å². The van der Waals surface area contributed by atoms with Gasteiger partial charge in [-0.3, -0.25) is 9.80 Å². The highest BCUT2D eigenvalue weighted by Crippen LogP contribution is 2.32. The van der Waals surface area contributed by atoms with E-state index >= 15 is 0 Å². The lowest BCUT2D eigenvalue weighted by atomic mass is 9.97. The van der Waals surface area contributed by atoms with Crippen molar-refractivity contribution in [1.29, 1.82) is 0 Å². The van der Waals surface area contributed by atoms with Gasteiger partial charge >= 0.3 is 0 Å². The van der Waals surface area contributed by atoms with Crippen molar-refractivity contribution < 1.29 is 146 Å². The average molecular weight is 1080 g/mol. The number of rotatable bonds is 13. The molecule has 4 aliphatic rings. The summed E-state index contributed by atoms with van der Waals surface area (Å²) in [7, 11) is 0. The molecule has 0 aromatic heterocycles. The van der Waals surface area contributed by atoms with E-state index in [1.54, 1.807) is 0 Å². The van der Waals surface area contributed by atoms with Crippen molar-refractivity contribution in [2.24, 2.45) is 0 Å². The Labute approximate surface area is 422 Å². The summed E-state index contributed by atoms with van der Waals surface area (Å²) in [5.41, 5.74) is 0. The van der Waals surface area contributed by atoms with Crippen LogP contribution in [0.4, 0.5) is 0 Å². The molecule has 4 heterocycles. The lowest BCUT2D eigenvalue weighted by molar-refractivity contribution is -0.327. The standard InChI is InChI=1S/C43H74N2O29/c1-18(2)45-10-8-44(9-11-45)17-24-37-30(56)36(62)43(73-24)72-23(7-16-50)29(55)34(60)41(66)70-21(5-14-48)27(53)32(58)39(64)68-19(3-12-46)25(51)31(57)38(63)69-20(4-13-47)26(52)33(59)40(65)71-22(6-15-49)28(54)35(61)42(67)74-37/h18-24,30,36-43,46-67H,3-17H2,1-2H3/b31-25-,32-27+,33-26-,34-29-,35-28+. The molecule has 4 rings (SSSR count). The molecule has 2 saturated heterocycles. The summed E-state index contributed by atoms with van der Waals surface area (Å²) in [5, 5.41) is 235. The Balaban J connectivity index is 2.24. The summed E-state index contributed by atoms with van der Waals surface area (Å²) < 4.78 is 37.7. The normalized spacial score (nSPS) is 39.6. The molecule has 4 aliphatic heterocycles. The Bertz CT molecular complexity index is 1880. The van der Waals surface area contributed by atoms with Crippen molar-refractivity contribution in [3.8, 4) is 0 Å². The number of aliphatic hydroxyl groups excluding tert-OH is 22. The maximum absolute atomic E-state index is 11.5. The first-order valence-corrected chi connectivity index (χ1v) is 23.3. The van der Waals surface area contributed by atoms with Crippen LogP contribution >= 0.6 is 0 Å². The first-order valence-electron chi connectivity index (χ1n) is 23.3. The van der Waals surface area contributed by atoms with Crippen molar-refractivity contribution in [3.05, 3.63) is 57.6 Å². The smallest absolute Gasteiger partial charge is 0.218 e. The molecule has 15 unspecified atom stereocenters. The Hall–Kier alpha value is -4.14. The average Bonchev–Trinajstić information content (AvgIpc) is 3.37. The third kappa shape index (κ3) is 17.2. The van der Waals surface area contributed by atoms with Gasteiger partial charge in [0.1, 0.15) is 54.9 Å². The molecule has 2 bridgehead atoms. The van der Waals surface area contributed by atoms with Crippen molar-refractivity contribution in [2.45, 2.75) is 145 Å². The summed E-state index contributed by atoms with van der Waals surface area (Å²) >= 11 is 0. The third-order valence-corrected chi connectivity index (χ3v) is 11.9. The zero-order chi connectivity index (χ0) is 55.7. The van der Waals surface area contributed by atoms with Crippen LogP contribution in [0.2, 0.25) is 0 Å². The van der Waals surface area contributed by atoms with E-state index < -0.39 is 215 Å². The molecule has 0 amide bonds. The Morgan fingerprint density at radius 1 is 0.378 bits per heavy atom. The van der Waals surface area contributed by atoms with E-state index in [2.05, 4.69) is 4.90 Å². The molecule has 74 heavy (non-hydrogen) atoms. The quantitative estimate of drug-likeness (QED) is 0.0834. The van der Waals surface area contributed by atoms with Crippen LogP contribution in [0.1, 0.15) is 46.0 Å². The first kappa shape index (κ1) is 64.1. The molecule has 31 nitrogen and oxygen atoms in total. The van der Waals surface area contributed by atoms with Gasteiger partial charge in [0.25, 0.3) is 0 Å². The predicted octanol–water partition coefficient (Wildman–Crippen LogP) is -4.07. The molecule has 22 N–H and O–H groups in total. The molecular weight excluding hydrogens is 1010 g/mol. The van der Waals surface area contributed by atoms with Gasteiger partial charge in [-0.15, -0.1) is 0 Å². The molecule has 31 heteroatoms. The molecule has 0 aliphatic carbocycles. The minimum atomic E-state index is -2.79. The number of hydrogen-bond donors (Lipinski definition) is 22. The fourth-order valence-corrected chi connectivity index (χ4v) is 7.69. The molecule has 0 aromatic rings. The van der Waals surface area contributed by atoms with E-state index in [0.29, 0.717) is 26.2 Å². The van der Waals surface area contributed by atoms with Gasteiger partial charge in [-0.2, -0.15) is 0 Å². The maximum Gasteiger partial charge on any atom is 0.218 e. The first-order chi connectivity index (χ1) is 34.9. The van der Waals surface area contributed by atoms with Gasteiger partial charge in [-0.1, -0.05) is 0 Å². The van der Waals surface area contributed by atoms with E-state index in [9.17, 15) is 112 Å². The van der Waals surface area contributed by atoms with Crippen LogP contribution in [0.3, 0.4) is 0 Å². The second-order valence-electron chi connectivity index (χ2n) is 17.4. The molecule has 0 saturated carbocycles. The molecule has 0 aromatic carbocycles. The van der Waals surface area contributed by atoms with E-state index in [1.165, 1.54) is 0 Å². The van der Waals surface area contributed by atoms with Crippen LogP contribution in [0.15, 0.2) is 57.6 Å². The van der Waals surface area contributed by atoms with Crippen molar-refractivity contribution >= 4 is 0 Å². The second kappa shape index (κ2) is 30.6. The van der Waals surface area contributed by atoms with Crippen LogP contribution in [0.25, 0.3) is 0 Å². The number of hydrogen-bond acceptors (Lipinski definition) is 31. The third-order valence-electron chi connectivity index (χ3n) is 11.9. The lowest BCUT2D eigenvalue weighted by Gasteiger charge is -2.46. The Morgan fingerprint density at radius 3 is 0.946 bits per heavy atom. The zero-order valence-corrected chi connectivity index (χ0v) is 40.4. The molecule has 0 radical (unpaired) electrons. The maximum atomic E-state index is 11.5. The highest BCUT2D eigenvalue weighted by Gasteiger charge is 2.49. The van der Waals surface area contributed by atoms with Gasteiger partial charge in [0, 0.05) is 104 Å². The molecular formula is C43H74N2O29. The fraction of sp³-hybridized carbons (Fsp3) is 0.767.